The summed E-state index contributed by atoms with van der Waals surface area (Å²) in [6, 6.07) is -0.563. The molecule has 1 rings (SSSR count). The number of hydrogen-bond donors (Lipinski definition) is 3. The highest BCUT2D eigenvalue weighted by molar-refractivity contribution is 7.09. The molecule has 0 atom stereocenters. The topological polar surface area (TPSA) is 91.3 Å². The second-order valence-corrected chi connectivity index (χ2v) is 5.03. The standard InChI is InChI=1S/C11H14F3N3O3S/c12-11(13,14)3-1-4-15-10(20)16-5-2-8-17-7(6-21-8)9(18)19/h6H,1-5H2,(H,18,19)(H2,15,16,20). The molecule has 0 fully saturated rings. The van der Waals surface area contributed by atoms with Gasteiger partial charge in [-0.25, -0.2) is 14.6 Å². The van der Waals surface area contributed by atoms with E-state index in [1.165, 1.54) is 16.7 Å². The van der Waals surface area contributed by atoms with Gasteiger partial charge < -0.3 is 15.7 Å². The summed E-state index contributed by atoms with van der Waals surface area (Å²) in [6.07, 6.45) is -4.98. The fourth-order valence-corrected chi connectivity index (χ4v) is 2.13. The Morgan fingerprint density at radius 1 is 1.29 bits per heavy atom. The maximum absolute atomic E-state index is 11.9. The zero-order chi connectivity index (χ0) is 15.9. The molecule has 0 aliphatic heterocycles. The van der Waals surface area contributed by atoms with Crippen molar-refractivity contribution in [3.8, 4) is 0 Å². The van der Waals surface area contributed by atoms with Gasteiger partial charge in [-0.3, -0.25) is 0 Å². The van der Waals surface area contributed by atoms with E-state index in [4.69, 9.17) is 5.11 Å². The molecular weight excluding hydrogens is 311 g/mol. The normalized spacial score (nSPS) is 11.2. The number of nitrogens with zero attached hydrogens (tertiary/aromatic N) is 1. The molecule has 0 spiro atoms. The average Bonchev–Trinajstić information content (AvgIpc) is 2.82. The Kier molecular flexibility index (Phi) is 6.40. The van der Waals surface area contributed by atoms with Crippen LogP contribution in [0.3, 0.4) is 0 Å². The van der Waals surface area contributed by atoms with Gasteiger partial charge in [-0.2, -0.15) is 13.2 Å². The van der Waals surface area contributed by atoms with Crippen LogP contribution in [0.5, 0.6) is 0 Å². The number of carbonyl (C=O) groups excluding carboxylic acids is 1. The van der Waals surface area contributed by atoms with E-state index in [-0.39, 0.29) is 25.2 Å². The first kappa shape index (κ1) is 17.2. The highest BCUT2D eigenvalue weighted by atomic mass is 32.1. The van der Waals surface area contributed by atoms with E-state index >= 15 is 0 Å². The molecule has 1 aromatic heterocycles. The van der Waals surface area contributed by atoms with Crippen LogP contribution in [0.1, 0.15) is 28.3 Å². The fourth-order valence-electron chi connectivity index (χ4n) is 1.36. The van der Waals surface area contributed by atoms with E-state index in [1.54, 1.807) is 0 Å². The van der Waals surface area contributed by atoms with Crippen LogP contribution in [-0.2, 0) is 6.42 Å². The molecule has 0 aliphatic carbocycles. The third-order valence-corrected chi connectivity index (χ3v) is 3.23. The molecular formula is C11H14F3N3O3S. The molecule has 21 heavy (non-hydrogen) atoms. The van der Waals surface area contributed by atoms with Gasteiger partial charge in [0.15, 0.2) is 5.69 Å². The molecule has 0 saturated heterocycles. The number of nitrogens with one attached hydrogen (secondary N) is 2. The van der Waals surface area contributed by atoms with E-state index in [2.05, 4.69) is 15.6 Å². The summed E-state index contributed by atoms with van der Waals surface area (Å²) in [5, 5.41) is 15.4. The van der Waals surface area contributed by atoms with Gasteiger partial charge in [0.25, 0.3) is 0 Å². The lowest BCUT2D eigenvalue weighted by Gasteiger charge is -2.08. The van der Waals surface area contributed by atoms with Gasteiger partial charge in [0.2, 0.25) is 0 Å². The van der Waals surface area contributed by atoms with Crippen LogP contribution in [0.4, 0.5) is 18.0 Å². The van der Waals surface area contributed by atoms with Crippen LogP contribution in [0.25, 0.3) is 0 Å². The first-order chi connectivity index (χ1) is 9.78. The lowest BCUT2D eigenvalue weighted by Crippen LogP contribution is -2.37. The number of alkyl halides is 3. The Balaban J connectivity index is 2.14. The van der Waals surface area contributed by atoms with Crippen LogP contribution in [-0.4, -0.2) is 41.4 Å². The molecule has 118 valence electrons. The van der Waals surface area contributed by atoms with Crippen molar-refractivity contribution in [2.45, 2.75) is 25.4 Å². The third-order valence-electron chi connectivity index (χ3n) is 2.32. The van der Waals surface area contributed by atoms with Crippen molar-refractivity contribution >= 4 is 23.3 Å². The van der Waals surface area contributed by atoms with Gasteiger partial charge in [-0.05, 0) is 6.42 Å². The average molecular weight is 325 g/mol. The van der Waals surface area contributed by atoms with Crippen LogP contribution in [0.15, 0.2) is 5.38 Å². The second-order valence-electron chi connectivity index (χ2n) is 4.08. The highest BCUT2D eigenvalue weighted by Crippen LogP contribution is 2.20. The van der Waals surface area contributed by atoms with Crippen molar-refractivity contribution in [2.75, 3.05) is 13.1 Å². The minimum absolute atomic E-state index is 0.0494. The van der Waals surface area contributed by atoms with E-state index in [0.717, 1.165) is 0 Å². The van der Waals surface area contributed by atoms with E-state index in [0.29, 0.717) is 11.4 Å². The maximum Gasteiger partial charge on any atom is 0.389 e. The van der Waals surface area contributed by atoms with E-state index in [9.17, 15) is 22.8 Å². The molecule has 0 saturated carbocycles. The van der Waals surface area contributed by atoms with Crippen LogP contribution >= 0.6 is 11.3 Å². The number of halogens is 3. The summed E-state index contributed by atoms with van der Waals surface area (Å²) in [5.41, 5.74) is -0.0494. The molecule has 1 aromatic rings. The van der Waals surface area contributed by atoms with Crippen LogP contribution in [0, 0.1) is 0 Å². The Morgan fingerprint density at radius 3 is 2.52 bits per heavy atom. The number of rotatable bonds is 7. The van der Waals surface area contributed by atoms with Gasteiger partial charge in [0.05, 0.1) is 5.01 Å². The number of amides is 2. The number of carbonyl (C=O) groups is 2. The quantitative estimate of drug-likeness (QED) is 0.669. The maximum atomic E-state index is 11.9. The summed E-state index contributed by atoms with van der Waals surface area (Å²) >= 11 is 1.17. The van der Waals surface area contributed by atoms with Gasteiger partial charge >= 0.3 is 18.2 Å². The molecule has 0 unspecified atom stereocenters. The molecule has 0 aliphatic rings. The van der Waals surface area contributed by atoms with E-state index in [1.807, 2.05) is 0 Å². The number of thiazole rings is 1. The van der Waals surface area contributed by atoms with Crippen molar-refractivity contribution < 1.29 is 27.9 Å². The zero-order valence-corrected chi connectivity index (χ0v) is 11.7. The van der Waals surface area contributed by atoms with Crippen molar-refractivity contribution in [1.29, 1.82) is 0 Å². The Labute approximate surface area is 122 Å². The largest absolute Gasteiger partial charge is 0.476 e. The monoisotopic (exact) mass is 325 g/mol. The zero-order valence-electron chi connectivity index (χ0n) is 10.9. The van der Waals surface area contributed by atoms with Gasteiger partial charge in [-0.1, -0.05) is 0 Å². The van der Waals surface area contributed by atoms with Crippen LogP contribution < -0.4 is 10.6 Å². The number of urea groups is 1. The second kappa shape index (κ2) is 7.81. The predicted octanol–water partition coefficient (Wildman–Crippen LogP) is 2.03. The van der Waals surface area contributed by atoms with E-state index < -0.39 is 24.6 Å². The Hall–Kier alpha value is -1.84. The number of aromatic carboxylic acids is 1. The molecule has 2 amide bonds. The fraction of sp³-hybridized carbons (Fsp3) is 0.545. The lowest BCUT2D eigenvalue weighted by molar-refractivity contribution is -0.135. The van der Waals surface area contributed by atoms with Crippen molar-refractivity contribution in [2.24, 2.45) is 0 Å². The SMILES string of the molecule is O=C(NCCCC(F)(F)F)NCCc1nc(C(=O)O)cs1. The van der Waals surface area contributed by atoms with Gasteiger partial charge in [-0.15, -0.1) is 11.3 Å². The molecule has 3 N–H and O–H groups in total. The first-order valence-electron chi connectivity index (χ1n) is 6.04. The Bertz CT molecular complexity index is 491. The predicted molar refractivity (Wildman–Crippen MR) is 69.5 cm³/mol. The number of carboxylic acid groups (broad SMARTS) is 1. The van der Waals surface area contributed by atoms with Gasteiger partial charge in [0, 0.05) is 31.3 Å². The molecule has 0 radical (unpaired) electrons. The molecule has 10 heteroatoms. The minimum atomic E-state index is -4.22. The number of aromatic nitrogens is 1. The summed E-state index contributed by atoms with van der Waals surface area (Å²) in [6.45, 7) is 0.156. The summed E-state index contributed by atoms with van der Waals surface area (Å²) in [5.74, 6) is -1.12. The first-order valence-corrected chi connectivity index (χ1v) is 6.92. The molecule has 6 nitrogen and oxygen atoms in total. The number of hydrogen-bond acceptors (Lipinski definition) is 4. The lowest BCUT2D eigenvalue weighted by atomic mass is 10.3. The third kappa shape index (κ3) is 7.49. The smallest absolute Gasteiger partial charge is 0.389 e. The summed E-state index contributed by atoms with van der Waals surface area (Å²) < 4.78 is 35.6. The van der Waals surface area contributed by atoms with Gasteiger partial charge in [0.1, 0.15) is 0 Å². The van der Waals surface area contributed by atoms with Crippen molar-refractivity contribution in [3.05, 3.63) is 16.1 Å². The summed E-state index contributed by atoms with van der Waals surface area (Å²) in [4.78, 5) is 25.7. The van der Waals surface area contributed by atoms with Crippen LogP contribution in [0.2, 0.25) is 0 Å². The molecule has 0 bridgehead atoms. The number of carboxylic acids is 1. The Morgan fingerprint density at radius 2 is 1.95 bits per heavy atom. The minimum Gasteiger partial charge on any atom is -0.476 e. The summed E-state index contributed by atoms with van der Waals surface area (Å²) in [7, 11) is 0. The molecule has 0 aromatic carbocycles. The van der Waals surface area contributed by atoms with Crippen molar-refractivity contribution in [3.63, 3.8) is 0 Å². The highest BCUT2D eigenvalue weighted by Gasteiger charge is 2.25. The van der Waals surface area contributed by atoms with Crippen molar-refractivity contribution in [1.82, 2.24) is 15.6 Å². The molecule has 1 heterocycles.